The SMILES string of the molecule is CCCCCCCCCCCCOC(=O)C(NC(=O)OCCC)C(C)CC. The van der Waals surface area contributed by atoms with Crippen LogP contribution in [0.15, 0.2) is 0 Å². The third kappa shape index (κ3) is 14.5. The van der Waals surface area contributed by atoms with Gasteiger partial charge in [0.05, 0.1) is 13.2 Å². The topological polar surface area (TPSA) is 64.6 Å². The maximum Gasteiger partial charge on any atom is 0.407 e. The highest BCUT2D eigenvalue weighted by molar-refractivity contribution is 5.81. The highest BCUT2D eigenvalue weighted by Gasteiger charge is 2.27. The summed E-state index contributed by atoms with van der Waals surface area (Å²) in [6.07, 6.45) is 13.4. The number of esters is 1. The number of alkyl carbamates (subject to hydrolysis) is 1. The molecule has 5 heteroatoms. The summed E-state index contributed by atoms with van der Waals surface area (Å²) in [7, 11) is 0. The fourth-order valence-corrected chi connectivity index (χ4v) is 2.88. The van der Waals surface area contributed by atoms with Gasteiger partial charge in [0, 0.05) is 0 Å². The Labute approximate surface area is 167 Å². The molecular formula is C22H43NO4. The van der Waals surface area contributed by atoms with Gasteiger partial charge in [0.2, 0.25) is 0 Å². The van der Waals surface area contributed by atoms with E-state index in [1.807, 2.05) is 20.8 Å². The van der Waals surface area contributed by atoms with Crippen molar-refractivity contribution in [3.05, 3.63) is 0 Å². The van der Waals surface area contributed by atoms with E-state index in [0.717, 1.165) is 25.7 Å². The molecule has 0 aromatic carbocycles. The van der Waals surface area contributed by atoms with Crippen LogP contribution in [0.4, 0.5) is 4.79 Å². The van der Waals surface area contributed by atoms with E-state index in [2.05, 4.69) is 12.2 Å². The Bertz CT molecular complexity index is 373. The van der Waals surface area contributed by atoms with E-state index in [0.29, 0.717) is 13.2 Å². The van der Waals surface area contributed by atoms with Crippen LogP contribution in [0, 0.1) is 5.92 Å². The van der Waals surface area contributed by atoms with Gasteiger partial charge in [-0.25, -0.2) is 9.59 Å². The molecule has 2 unspecified atom stereocenters. The van der Waals surface area contributed by atoms with E-state index in [1.165, 1.54) is 51.4 Å². The average molecular weight is 386 g/mol. The van der Waals surface area contributed by atoms with Crippen molar-refractivity contribution in [1.82, 2.24) is 5.32 Å². The maximum absolute atomic E-state index is 12.3. The lowest BCUT2D eigenvalue weighted by molar-refractivity contribution is -0.147. The Morgan fingerprint density at radius 3 is 1.81 bits per heavy atom. The van der Waals surface area contributed by atoms with Crippen molar-refractivity contribution >= 4 is 12.1 Å². The van der Waals surface area contributed by atoms with Gasteiger partial charge < -0.3 is 14.8 Å². The molecule has 0 saturated carbocycles. The van der Waals surface area contributed by atoms with Gasteiger partial charge in [0.1, 0.15) is 6.04 Å². The number of carbonyl (C=O) groups excluding carboxylic acids is 2. The average Bonchev–Trinajstić information content (AvgIpc) is 2.67. The van der Waals surface area contributed by atoms with E-state index in [4.69, 9.17) is 9.47 Å². The predicted molar refractivity (Wildman–Crippen MR) is 111 cm³/mol. The first-order chi connectivity index (χ1) is 13.1. The van der Waals surface area contributed by atoms with Crippen molar-refractivity contribution in [3.63, 3.8) is 0 Å². The number of hydrogen-bond donors (Lipinski definition) is 1. The standard InChI is InChI=1S/C22H43NO4/c1-5-8-9-10-11-12-13-14-15-16-18-26-21(24)20(19(4)7-3)23-22(25)27-17-6-2/h19-20H,5-18H2,1-4H3,(H,23,25). The van der Waals surface area contributed by atoms with E-state index < -0.39 is 12.1 Å². The highest BCUT2D eigenvalue weighted by atomic mass is 16.6. The van der Waals surface area contributed by atoms with Crippen LogP contribution in [-0.2, 0) is 14.3 Å². The van der Waals surface area contributed by atoms with Gasteiger partial charge in [-0.1, -0.05) is 91.9 Å². The van der Waals surface area contributed by atoms with Crippen LogP contribution in [0.25, 0.3) is 0 Å². The van der Waals surface area contributed by atoms with Gasteiger partial charge in [-0.3, -0.25) is 0 Å². The number of nitrogens with one attached hydrogen (secondary N) is 1. The summed E-state index contributed by atoms with van der Waals surface area (Å²) in [4.78, 5) is 24.1. The molecule has 0 aliphatic carbocycles. The molecule has 0 aromatic rings. The monoisotopic (exact) mass is 385 g/mol. The van der Waals surface area contributed by atoms with Crippen LogP contribution < -0.4 is 5.32 Å². The summed E-state index contributed by atoms with van der Waals surface area (Å²) >= 11 is 0. The lowest BCUT2D eigenvalue weighted by Crippen LogP contribution is -2.46. The molecule has 27 heavy (non-hydrogen) atoms. The molecule has 5 nitrogen and oxygen atoms in total. The van der Waals surface area contributed by atoms with Crippen molar-refractivity contribution in [2.75, 3.05) is 13.2 Å². The lowest BCUT2D eigenvalue weighted by atomic mass is 9.99. The van der Waals surface area contributed by atoms with E-state index in [9.17, 15) is 9.59 Å². The highest BCUT2D eigenvalue weighted by Crippen LogP contribution is 2.12. The quantitative estimate of drug-likeness (QED) is 0.246. The molecule has 0 spiro atoms. The molecule has 0 saturated heterocycles. The summed E-state index contributed by atoms with van der Waals surface area (Å²) in [5, 5.41) is 2.66. The third-order valence-corrected chi connectivity index (χ3v) is 4.92. The van der Waals surface area contributed by atoms with Gasteiger partial charge in [-0.05, 0) is 18.8 Å². The first kappa shape index (κ1) is 25.7. The number of ether oxygens (including phenoxy) is 2. The van der Waals surface area contributed by atoms with Crippen molar-refractivity contribution in [1.29, 1.82) is 0 Å². The van der Waals surface area contributed by atoms with Crippen LogP contribution in [0.3, 0.4) is 0 Å². The molecule has 0 radical (unpaired) electrons. The van der Waals surface area contributed by atoms with E-state index >= 15 is 0 Å². The van der Waals surface area contributed by atoms with Crippen molar-refractivity contribution in [2.45, 2.75) is 111 Å². The summed E-state index contributed by atoms with van der Waals surface area (Å²) in [5.41, 5.74) is 0. The largest absolute Gasteiger partial charge is 0.464 e. The molecule has 2 atom stereocenters. The summed E-state index contributed by atoms with van der Waals surface area (Å²) in [6.45, 7) is 8.88. The molecule has 1 amide bonds. The van der Waals surface area contributed by atoms with Crippen molar-refractivity contribution in [3.8, 4) is 0 Å². The first-order valence-electron chi connectivity index (χ1n) is 11.2. The van der Waals surface area contributed by atoms with E-state index in [1.54, 1.807) is 0 Å². The smallest absolute Gasteiger partial charge is 0.407 e. The molecule has 0 rings (SSSR count). The molecule has 0 aliphatic rings. The summed E-state index contributed by atoms with van der Waals surface area (Å²) in [5.74, 6) is -0.340. The second-order valence-corrected chi connectivity index (χ2v) is 7.49. The minimum absolute atomic E-state index is 0.0133. The normalized spacial score (nSPS) is 13.0. The lowest BCUT2D eigenvalue weighted by Gasteiger charge is -2.22. The summed E-state index contributed by atoms with van der Waals surface area (Å²) < 4.78 is 10.4. The van der Waals surface area contributed by atoms with Crippen LogP contribution in [-0.4, -0.2) is 31.3 Å². The molecule has 160 valence electrons. The Morgan fingerprint density at radius 2 is 1.30 bits per heavy atom. The molecular weight excluding hydrogens is 342 g/mol. The van der Waals surface area contributed by atoms with E-state index in [-0.39, 0.29) is 11.9 Å². The number of unbranched alkanes of at least 4 members (excludes halogenated alkanes) is 9. The zero-order valence-electron chi connectivity index (χ0n) is 18.2. The zero-order valence-corrected chi connectivity index (χ0v) is 18.2. The zero-order chi connectivity index (χ0) is 20.3. The minimum atomic E-state index is -0.637. The molecule has 0 aliphatic heterocycles. The molecule has 0 bridgehead atoms. The Hall–Kier alpha value is -1.26. The second-order valence-electron chi connectivity index (χ2n) is 7.49. The fourth-order valence-electron chi connectivity index (χ4n) is 2.88. The molecule has 0 aromatic heterocycles. The Kier molecular flexibility index (Phi) is 17.3. The first-order valence-corrected chi connectivity index (χ1v) is 11.2. The molecule has 0 fully saturated rings. The van der Waals surface area contributed by atoms with Crippen molar-refractivity contribution in [2.24, 2.45) is 5.92 Å². The number of amides is 1. The van der Waals surface area contributed by atoms with Gasteiger partial charge in [-0.2, -0.15) is 0 Å². The third-order valence-electron chi connectivity index (χ3n) is 4.92. The van der Waals surface area contributed by atoms with Crippen LogP contribution >= 0.6 is 0 Å². The fraction of sp³-hybridized carbons (Fsp3) is 0.909. The molecule has 0 heterocycles. The van der Waals surface area contributed by atoms with Crippen LogP contribution in [0.1, 0.15) is 105 Å². The number of hydrogen-bond acceptors (Lipinski definition) is 4. The van der Waals surface area contributed by atoms with Gasteiger partial charge >= 0.3 is 12.1 Å². The van der Waals surface area contributed by atoms with Gasteiger partial charge in [0.25, 0.3) is 0 Å². The van der Waals surface area contributed by atoms with Crippen LogP contribution in [0.2, 0.25) is 0 Å². The maximum atomic E-state index is 12.3. The van der Waals surface area contributed by atoms with Gasteiger partial charge in [-0.15, -0.1) is 0 Å². The Balaban J connectivity index is 3.88. The number of rotatable bonds is 17. The minimum Gasteiger partial charge on any atom is -0.464 e. The summed E-state index contributed by atoms with van der Waals surface area (Å²) in [6, 6.07) is -0.637. The van der Waals surface area contributed by atoms with Crippen LogP contribution in [0.5, 0.6) is 0 Å². The van der Waals surface area contributed by atoms with Gasteiger partial charge in [0.15, 0.2) is 0 Å². The van der Waals surface area contributed by atoms with Crippen molar-refractivity contribution < 1.29 is 19.1 Å². The second kappa shape index (κ2) is 18.1. The Morgan fingerprint density at radius 1 is 0.741 bits per heavy atom. The predicted octanol–water partition coefficient (Wildman–Crippen LogP) is 6.00. The number of carbonyl (C=O) groups is 2. The molecule has 1 N–H and O–H groups in total.